The zero-order valence-electron chi connectivity index (χ0n) is 16.6. The molecule has 2 aromatic rings. The molecule has 166 valence electrons. The van der Waals surface area contributed by atoms with Crippen molar-refractivity contribution in [2.75, 3.05) is 19.5 Å². The monoisotopic (exact) mass is 454 g/mol. The average Bonchev–Trinajstić information content (AvgIpc) is 2.67. The number of benzene rings is 1. The number of rotatable bonds is 8. The number of nitrogens with two attached hydrogens (primary N) is 1. The number of aromatic nitrogens is 1. The minimum absolute atomic E-state index is 0.0508. The van der Waals surface area contributed by atoms with Gasteiger partial charge in [0.15, 0.2) is 17.6 Å². The molecule has 0 bridgehead atoms. The topological polar surface area (TPSA) is 178 Å². The molecule has 0 amide bonds. The predicted molar refractivity (Wildman–Crippen MR) is 109 cm³/mol. The van der Waals surface area contributed by atoms with Gasteiger partial charge in [0, 0.05) is 5.56 Å². The maximum absolute atomic E-state index is 12.2. The van der Waals surface area contributed by atoms with Crippen molar-refractivity contribution in [3.63, 3.8) is 0 Å². The highest BCUT2D eigenvalue weighted by Gasteiger charge is 2.28. The van der Waals surface area contributed by atoms with Crippen molar-refractivity contribution < 1.29 is 38.8 Å². The third kappa shape index (κ3) is 4.72. The van der Waals surface area contributed by atoms with Crippen LogP contribution in [0.4, 0.5) is 5.82 Å². The fourth-order valence-corrected chi connectivity index (χ4v) is 3.05. The van der Waals surface area contributed by atoms with Gasteiger partial charge in [0.1, 0.15) is 16.9 Å². The fourth-order valence-electron chi connectivity index (χ4n) is 2.80. The average molecular weight is 455 g/mol. The first-order valence-corrected chi connectivity index (χ1v) is 9.14. The number of carboxylic acids is 2. The van der Waals surface area contributed by atoms with Crippen LogP contribution in [0.15, 0.2) is 16.9 Å². The Balaban J connectivity index is 2.76. The number of hydrogen-bond donors (Lipinski definition) is 4. The van der Waals surface area contributed by atoms with E-state index in [-0.39, 0.29) is 28.7 Å². The van der Waals surface area contributed by atoms with E-state index in [0.29, 0.717) is 0 Å². The first-order chi connectivity index (χ1) is 14.5. The van der Waals surface area contributed by atoms with Gasteiger partial charge in [0.25, 0.3) is 5.56 Å². The van der Waals surface area contributed by atoms with Gasteiger partial charge in [-0.1, -0.05) is 11.6 Å². The molecule has 0 saturated heterocycles. The van der Waals surface area contributed by atoms with Gasteiger partial charge in [-0.2, -0.15) is 0 Å². The SMILES string of the molecule is CCOC(=O)C(C)Oc1c(Cl)cc(-c2c(C(=O)O)c(N)[nH]c(=O)c2C(=O)O)cc1OC. The van der Waals surface area contributed by atoms with Crippen molar-refractivity contribution >= 4 is 35.3 Å². The summed E-state index contributed by atoms with van der Waals surface area (Å²) in [7, 11) is 1.25. The fraction of sp³-hybridized carbons (Fsp3) is 0.263. The second-order valence-electron chi connectivity index (χ2n) is 6.10. The number of ether oxygens (including phenoxy) is 3. The number of halogens is 1. The zero-order chi connectivity index (χ0) is 23.5. The molecular formula is C19H19ClN2O9. The maximum atomic E-state index is 12.2. The molecule has 1 atom stereocenters. The number of esters is 1. The number of carbonyl (C=O) groups excluding carboxylic acids is 1. The van der Waals surface area contributed by atoms with Gasteiger partial charge in [-0.15, -0.1) is 0 Å². The van der Waals surface area contributed by atoms with E-state index in [1.165, 1.54) is 26.2 Å². The summed E-state index contributed by atoms with van der Waals surface area (Å²) in [4.78, 5) is 49.5. The summed E-state index contributed by atoms with van der Waals surface area (Å²) in [5.41, 5.74) is 2.50. The molecule has 2 rings (SSSR count). The Kier molecular flexibility index (Phi) is 7.13. The quantitative estimate of drug-likeness (QED) is 0.431. The number of anilines is 1. The molecular weight excluding hydrogens is 436 g/mol. The van der Waals surface area contributed by atoms with Gasteiger partial charge in [0.05, 0.1) is 18.7 Å². The molecule has 1 aromatic heterocycles. The number of methoxy groups -OCH3 is 1. The number of carbonyl (C=O) groups is 3. The highest BCUT2D eigenvalue weighted by atomic mass is 35.5. The molecule has 1 aromatic carbocycles. The molecule has 0 radical (unpaired) electrons. The van der Waals surface area contributed by atoms with Crippen LogP contribution in [0.1, 0.15) is 34.6 Å². The number of aromatic amines is 1. The van der Waals surface area contributed by atoms with Crippen LogP contribution in [0.25, 0.3) is 11.1 Å². The smallest absolute Gasteiger partial charge is 0.347 e. The summed E-state index contributed by atoms with van der Waals surface area (Å²) in [6.45, 7) is 3.18. The van der Waals surface area contributed by atoms with E-state index in [0.717, 1.165) is 0 Å². The van der Waals surface area contributed by atoms with Crippen molar-refractivity contribution in [2.24, 2.45) is 0 Å². The van der Waals surface area contributed by atoms with Crippen LogP contribution in [0.2, 0.25) is 5.02 Å². The van der Waals surface area contributed by atoms with Crippen LogP contribution >= 0.6 is 11.6 Å². The summed E-state index contributed by atoms with van der Waals surface area (Å²) < 4.78 is 15.6. The number of nitrogen functional groups attached to an aromatic ring is 1. The van der Waals surface area contributed by atoms with Crippen LogP contribution < -0.4 is 20.8 Å². The molecule has 11 nitrogen and oxygen atoms in total. The number of aromatic carboxylic acids is 2. The Labute approximate surface area is 180 Å². The van der Waals surface area contributed by atoms with E-state index >= 15 is 0 Å². The standard InChI is InChI=1S/C19H19ClN2O9/c1-4-30-19(28)7(2)31-14-9(20)5-8(6-10(14)29-3)11-12(17(24)25)15(21)22-16(23)13(11)18(26)27/h5-7H,4H2,1-3H3,(H,24,25)(H,26,27)(H3,21,22,23). The van der Waals surface area contributed by atoms with Gasteiger partial charge in [-0.3, -0.25) is 4.79 Å². The van der Waals surface area contributed by atoms with Crippen LogP contribution in [-0.2, 0) is 9.53 Å². The van der Waals surface area contributed by atoms with E-state index in [2.05, 4.69) is 0 Å². The Hall–Kier alpha value is -3.73. The second-order valence-corrected chi connectivity index (χ2v) is 6.51. The highest BCUT2D eigenvalue weighted by Crippen LogP contribution is 2.42. The Bertz CT molecular complexity index is 1110. The molecule has 0 saturated carbocycles. The second kappa shape index (κ2) is 9.39. The van der Waals surface area contributed by atoms with Gasteiger partial charge in [0.2, 0.25) is 0 Å². The first kappa shape index (κ1) is 23.5. The molecule has 0 aliphatic carbocycles. The van der Waals surface area contributed by atoms with E-state index in [9.17, 15) is 29.4 Å². The van der Waals surface area contributed by atoms with Crippen LogP contribution in [0, 0.1) is 0 Å². The number of carboxylic acid groups (broad SMARTS) is 2. The Morgan fingerprint density at radius 1 is 1.19 bits per heavy atom. The molecule has 0 spiro atoms. The van der Waals surface area contributed by atoms with Gasteiger partial charge >= 0.3 is 17.9 Å². The highest BCUT2D eigenvalue weighted by molar-refractivity contribution is 6.32. The third-order valence-electron chi connectivity index (χ3n) is 4.10. The minimum atomic E-state index is -1.68. The van der Waals surface area contributed by atoms with Crippen molar-refractivity contribution in [3.05, 3.63) is 38.6 Å². The number of pyridine rings is 1. The summed E-state index contributed by atoms with van der Waals surface area (Å²) in [6, 6.07) is 2.39. The summed E-state index contributed by atoms with van der Waals surface area (Å²) in [5.74, 6) is -4.56. The van der Waals surface area contributed by atoms with Crippen LogP contribution in [-0.4, -0.2) is 52.9 Å². The molecule has 0 fully saturated rings. The zero-order valence-corrected chi connectivity index (χ0v) is 17.4. The maximum Gasteiger partial charge on any atom is 0.347 e. The lowest BCUT2D eigenvalue weighted by Crippen LogP contribution is -2.26. The van der Waals surface area contributed by atoms with E-state index in [1.54, 1.807) is 6.92 Å². The Morgan fingerprint density at radius 3 is 2.32 bits per heavy atom. The van der Waals surface area contributed by atoms with Crippen LogP contribution in [0.3, 0.4) is 0 Å². The van der Waals surface area contributed by atoms with Gasteiger partial charge in [-0.25, -0.2) is 14.4 Å². The normalized spacial score (nSPS) is 11.5. The van der Waals surface area contributed by atoms with Crippen molar-refractivity contribution in [1.82, 2.24) is 4.98 Å². The Morgan fingerprint density at radius 2 is 1.81 bits per heavy atom. The predicted octanol–water partition coefficient (Wildman–Crippen LogP) is 2.01. The lowest BCUT2D eigenvalue weighted by atomic mass is 9.95. The van der Waals surface area contributed by atoms with Crippen molar-refractivity contribution in [2.45, 2.75) is 20.0 Å². The van der Waals surface area contributed by atoms with E-state index in [4.69, 9.17) is 31.5 Å². The number of nitrogens with one attached hydrogen (secondary N) is 1. The lowest BCUT2D eigenvalue weighted by molar-refractivity contribution is -0.150. The number of H-pyrrole nitrogens is 1. The number of hydrogen-bond acceptors (Lipinski definition) is 8. The largest absolute Gasteiger partial charge is 0.493 e. The molecule has 0 aliphatic heterocycles. The van der Waals surface area contributed by atoms with E-state index in [1.807, 2.05) is 4.98 Å². The molecule has 31 heavy (non-hydrogen) atoms. The summed E-state index contributed by atoms with van der Waals surface area (Å²) in [6.07, 6.45) is -1.06. The van der Waals surface area contributed by atoms with Gasteiger partial charge in [-0.05, 0) is 31.5 Å². The van der Waals surface area contributed by atoms with Gasteiger partial charge < -0.3 is 35.1 Å². The third-order valence-corrected chi connectivity index (χ3v) is 4.38. The molecule has 12 heteroatoms. The minimum Gasteiger partial charge on any atom is -0.493 e. The summed E-state index contributed by atoms with van der Waals surface area (Å²) >= 11 is 6.26. The van der Waals surface area contributed by atoms with Crippen molar-refractivity contribution in [3.8, 4) is 22.6 Å². The van der Waals surface area contributed by atoms with E-state index < -0.39 is 52.1 Å². The van der Waals surface area contributed by atoms with Crippen molar-refractivity contribution in [1.29, 1.82) is 0 Å². The molecule has 0 aliphatic rings. The lowest BCUT2D eigenvalue weighted by Gasteiger charge is -2.19. The van der Waals surface area contributed by atoms with Crippen LogP contribution in [0.5, 0.6) is 11.5 Å². The summed E-state index contributed by atoms with van der Waals surface area (Å²) in [5, 5.41) is 18.9. The molecule has 1 unspecified atom stereocenters. The first-order valence-electron chi connectivity index (χ1n) is 8.76. The molecule has 5 N–H and O–H groups in total. The molecule has 1 heterocycles.